The van der Waals surface area contributed by atoms with Gasteiger partial charge in [-0.1, -0.05) is 11.8 Å². The molecule has 2 rings (SSSR count). The SMILES string of the molecule is Cc1cc(Sc2ccc(OC(=O)C(F)(F)S(=O)(=O)O)cc2)cc(I)c1O. The summed E-state index contributed by atoms with van der Waals surface area (Å²) in [5, 5.41) is 4.70. The molecule has 0 amide bonds. The molecule has 0 saturated heterocycles. The van der Waals surface area contributed by atoms with Gasteiger partial charge in [0, 0.05) is 9.79 Å². The van der Waals surface area contributed by atoms with Crippen molar-refractivity contribution in [3.8, 4) is 11.5 Å². The summed E-state index contributed by atoms with van der Waals surface area (Å²) in [4.78, 5) is 12.7. The number of esters is 1. The number of carbonyl (C=O) groups excluding carboxylic acids is 1. The van der Waals surface area contributed by atoms with Crippen LogP contribution in [0, 0.1) is 10.5 Å². The summed E-state index contributed by atoms with van der Waals surface area (Å²) in [6.07, 6.45) is 0. The molecular formula is C15H11F2IO6S2. The van der Waals surface area contributed by atoms with Gasteiger partial charge in [0.25, 0.3) is 0 Å². The number of halogens is 3. The van der Waals surface area contributed by atoms with E-state index in [0.29, 0.717) is 14.0 Å². The van der Waals surface area contributed by atoms with Crippen molar-refractivity contribution in [2.75, 3.05) is 0 Å². The number of hydrogen-bond acceptors (Lipinski definition) is 6. The van der Waals surface area contributed by atoms with E-state index < -0.39 is 21.3 Å². The van der Waals surface area contributed by atoms with E-state index in [4.69, 9.17) is 4.55 Å². The summed E-state index contributed by atoms with van der Waals surface area (Å²) in [6.45, 7) is 1.75. The fraction of sp³-hybridized carbons (Fsp3) is 0.133. The van der Waals surface area contributed by atoms with E-state index in [1.165, 1.54) is 36.0 Å². The van der Waals surface area contributed by atoms with Crippen LogP contribution >= 0.6 is 34.4 Å². The molecule has 0 unspecified atom stereocenters. The van der Waals surface area contributed by atoms with E-state index in [1.807, 2.05) is 22.6 Å². The van der Waals surface area contributed by atoms with Gasteiger partial charge in [0.15, 0.2) is 0 Å². The molecule has 26 heavy (non-hydrogen) atoms. The normalized spacial score (nSPS) is 12.0. The first kappa shape index (κ1) is 20.9. The van der Waals surface area contributed by atoms with Crippen LogP contribution in [0.25, 0.3) is 0 Å². The number of rotatable bonds is 5. The molecular weight excluding hydrogens is 505 g/mol. The van der Waals surface area contributed by atoms with Crippen molar-refractivity contribution in [3.05, 3.63) is 45.5 Å². The van der Waals surface area contributed by atoms with Crippen LogP contribution in [-0.2, 0) is 14.9 Å². The quantitative estimate of drug-likeness (QED) is 0.270. The van der Waals surface area contributed by atoms with Crippen LogP contribution in [0.5, 0.6) is 11.5 Å². The van der Waals surface area contributed by atoms with Crippen LogP contribution in [0.4, 0.5) is 8.78 Å². The van der Waals surface area contributed by atoms with E-state index in [0.717, 1.165) is 4.90 Å². The lowest BCUT2D eigenvalue weighted by molar-refractivity contribution is -0.151. The summed E-state index contributed by atoms with van der Waals surface area (Å²) in [5.74, 6) is -2.51. The molecule has 0 radical (unpaired) electrons. The van der Waals surface area contributed by atoms with Crippen LogP contribution in [-0.4, -0.2) is 29.3 Å². The summed E-state index contributed by atoms with van der Waals surface area (Å²) in [7, 11) is -5.92. The fourth-order valence-corrected chi connectivity index (χ4v) is 3.93. The van der Waals surface area contributed by atoms with Crippen molar-refractivity contribution in [3.63, 3.8) is 0 Å². The average Bonchev–Trinajstić information content (AvgIpc) is 2.53. The lowest BCUT2D eigenvalue weighted by Gasteiger charge is -2.12. The Kier molecular flexibility index (Phi) is 6.15. The molecule has 0 aliphatic carbocycles. The van der Waals surface area contributed by atoms with E-state index in [9.17, 15) is 27.1 Å². The molecule has 0 bridgehead atoms. The summed E-state index contributed by atoms with van der Waals surface area (Å²) in [6, 6.07) is 8.90. The van der Waals surface area contributed by atoms with Crippen LogP contribution in [0.2, 0.25) is 0 Å². The second kappa shape index (κ2) is 7.66. The third-order valence-electron chi connectivity index (χ3n) is 3.06. The molecule has 11 heteroatoms. The minimum absolute atomic E-state index is 0.192. The van der Waals surface area contributed by atoms with Gasteiger partial charge in [-0.3, -0.25) is 4.55 Å². The fourth-order valence-electron chi connectivity index (χ4n) is 1.75. The van der Waals surface area contributed by atoms with Crippen molar-refractivity contribution >= 4 is 50.4 Å². The number of aryl methyl sites for hydroxylation is 1. The first-order valence-corrected chi connectivity index (χ1v) is 10.1. The molecule has 0 heterocycles. The molecule has 0 aromatic heterocycles. The van der Waals surface area contributed by atoms with Crippen LogP contribution in [0.15, 0.2) is 46.2 Å². The molecule has 2 aromatic carbocycles. The monoisotopic (exact) mass is 516 g/mol. The molecule has 2 N–H and O–H groups in total. The summed E-state index contributed by atoms with van der Waals surface area (Å²) in [5.41, 5.74) is 0.692. The van der Waals surface area contributed by atoms with Crippen molar-refractivity contribution in [1.82, 2.24) is 0 Å². The van der Waals surface area contributed by atoms with Gasteiger partial charge in [-0.05, 0) is 71.5 Å². The van der Waals surface area contributed by atoms with Crippen molar-refractivity contribution < 1.29 is 36.4 Å². The van der Waals surface area contributed by atoms with E-state index in [1.54, 1.807) is 19.1 Å². The van der Waals surface area contributed by atoms with Gasteiger partial charge in [0.1, 0.15) is 11.5 Å². The zero-order valence-corrected chi connectivity index (χ0v) is 16.7. The smallest absolute Gasteiger partial charge is 0.466 e. The topological polar surface area (TPSA) is 101 Å². The van der Waals surface area contributed by atoms with Gasteiger partial charge in [-0.15, -0.1) is 0 Å². The van der Waals surface area contributed by atoms with Crippen LogP contribution in [0.3, 0.4) is 0 Å². The first-order valence-electron chi connectivity index (χ1n) is 6.76. The second-order valence-corrected chi connectivity index (χ2v) is 8.80. The van der Waals surface area contributed by atoms with Gasteiger partial charge in [-0.25, -0.2) is 4.79 Å². The molecule has 2 aromatic rings. The zero-order valence-electron chi connectivity index (χ0n) is 12.9. The van der Waals surface area contributed by atoms with Gasteiger partial charge in [0.05, 0.1) is 3.57 Å². The second-order valence-electron chi connectivity index (χ2n) is 5.03. The minimum Gasteiger partial charge on any atom is -0.507 e. The standard InChI is InChI=1S/C15H11F2IO6S2/c1-8-6-11(7-12(18)13(8)19)25-10-4-2-9(3-5-10)24-14(20)15(16,17)26(21,22)23/h2-7,19H,1H3,(H,21,22,23). The maximum atomic E-state index is 13.1. The van der Waals surface area contributed by atoms with Gasteiger partial charge < -0.3 is 9.84 Å². The molecule has 0 spiro atoms. The minimum atomic E-state index is -5.92. The van der Waals surface area contributed by atoms with Crippen molar-refractivity contribution in [2.24, 2.45) is 0 Å². The highest BCUT2D eigenvalue weighted by atomic mass is 127. The summed E-state index contributed by atoms with van der Waals surface area (Å²) < 4.78 is 60.6. The van der Waals surface area contributed by atoms with E-state index in [-0.39, 0.29) is 11.5 Å². The molecule has 6 nitrogen and oxygen atoms in total. The third kappa shape index (κ3) is 4.64. The molecule has 0 fully saturated rings. The Hall–Kier alpha value is -1.44. The number of alkyl halides is 2. The lowest BCUT2D eigenvalue weighted by atomic mass is 10.2. The number of benzene rings is 2. The Labute approximate surface area is 165 Å². The highest BCUT2D eigenvalue weighted by Crippen LogP contribution is 2.34. The Morgan fingerprint density at radius 3 is 2.27 bits per heavy atom. The highest BCUT2D eigenvalue weighted by Gasteiger charge is 2.54. The Morgan fingerprint density at radius 2 is 1.77 bits per heavy atom. The zero-order chi connectivity index (χ0) is 19.7. The summed E-state index contributed by atoms with van der Waals surface area (Å²) >= 11 is 3.31. The van der Waals surface area contributed by atoms with Crippen LogP contribution < -0.4 is 4.74 Å². The van der Waals surface area contributed by atoms with E-state index >= 15 is 0 Å². The van der Waals surface area contributed by atoms with E-state index in [2.05, 4.69) is 4.74 Å². The van der Waals surface area contributed by atoms with Gasteiger partial charge in [-0.2, -0.15) is 17.2 Å². The Bertz CT molecular complexity index is 922. The number of phenolic OH excluding ortho intramolecular Hbond substituents is 1. The van der Waals surface area contributed by atoms with Gasteiger partial charge in [0.2, 0.25) is 0 Å². The van der Waals surface area contributed by atoms with Crippen LogP contribution in [0.1, 0.15) is 5.56 Å². The number of carbonyl (C=O) groups is 1. The Balaban J connectivity index is 2.13. The molecule has 0 saturated carbocycles. The average molecular weight is 516 g/mol. The predicted octanol–water partition coefficient (Wildman–Crippen LogP) is 3.84. The number of aromatic hydroxyl groups is 1. The van der Waals surface area contributed by atoms with Gasteiger partial charge >= 0.3 is 21.3 Å². The Morgan fingerprint density at radius 1 is 1.19 bits per heavy atom. The first-order chi connectivity index (χ1) is 11.9. The maximum absolute atomic E-state index is 13.1. The molecule has 0 atom stereocenters. The van der Waals surface area contributed by atoms with Crippen molar-refractivity contribution in [1.29, 1.82) is 0 Å². The molecule has 0 aliphatic heterocycles. The predicted molar refractivity (Wildman–Crippen MR) is 98.3 cm³/mol. The number of hydrogen-bond donors (Lipinski definition) is 2. The number of phenols is 1. The maximum Gasteiger partial charge on any atom is 0.466 e. The molecule has 0 aliphatic rings. The van der Waals surface area contributed by atoms with Crippen molar-refractivity contribution in [2.45, 2.75) is 22.0 Å². The number of ether oxygens (including phenoxy) is 1. The lowest BCUT2D eigenvalue weighted by Crippen LogP contribution is -2.40. The molecule has 140 valence electrons. The third-order valence-corrected chi connectivity index (χ3v) is 5.68. The largest absolute Gasteiger partial charge is 0.507 e. The highest BCUT2D eigenvalue weighted by molar-refractivity contribution is 14.1.